The Kier molecular flexibility index (Phi) is 6.06. The van der Waals surface area contributed by atoms with Gasteiger partial charge in [-0.25, -0.2) is 4.79 Å². The standard InChI is InChI=1S/C7H14N2O2.C2HF3O2/c1-9(2)7(11)6-5(10)3-4-8-6;3-2(4,5)1(6)7/h5-6,8,10H,3-4H2,1-2H3;(H,6,7)/t5-,6-;/m0./s1. The summed E-state index contributed by atoms with van der Waals surface area (Å²) in [6.07, 6.45) is -4.92. The van der Waals surface area contributed by atoms with Crippen molar-refractivity contribution < 1.29 is 33.0 Å². The highest BCUT2D eigenvalue weighted by Crippen LogP contribution is 2.13. The molecule has 18 heavy (non-hydrogen) atoms. The van der Waals surface area contributed by atoms with Gasteiger partial charge >= 0.3 is 12.1 Å². The van der Waals surface area contributed by atoms with Gasteiger partial charge in [-0.2, -0.15) is 13.2 Å². The highest BCUT2D eigenvalue weighted by molar-refractivity contribution is 5.82. The molecule has 6 nitrogen and oxygen atoms in total. The number of carboxylic acids is 1. The van der Waals surface area contributed by atoms with Gasteiger partial charge in [0.05, 0.1) is 6.10 Å². The first-order valence-electron chi connectivity index (χ1n) is 5.00. The number of carboxylic acid groups (broad SMARTS) is 1. The van der Waals surface area contributed by atoms with Crippen LogP contribution in [0.1, 0.15) is 6.42 Å². The number of likely N-dealkylation sites (N-methyl/N-ethyl adjacent to an activating group) is 1. The van der Waals surface area contributed by atoms with Crippen LogP contribution in [-0.4, -0.2) is 66.0 Å². The second-order valence-electron chi connectivity index (χ2n) is 3.82. The van der Waals surface area contributed by atoms with E-state index in [1.54, 1.807) is 14.1 Å². The Labute approximate surface area is 101 Å². The lowest BCUT2D eigenvalue weighted by atomic mass is 10.1. The number of nitrogens with one attached hydrogen (secondary N) is 1. The fraction of sp³-hybridized carbons (Fsp3) is 0.778. The smallest absolute Gasteiger partial charge is 0.475 e. The minimum atomic E-state index is -5.08. The van der Waals surface area contributed by atoms with Crippen molar-refractivity contribution in [2.24, 2.45) is 0 Å². The van der Waals surface area contributed by atoms with Crippen molar-refractivity contribution in [2.45, 2.75) is 24.7 Å². The van der Waals surface area contributed by atoms with Crippen LogP contribution in [0.4, 0.5) is 13.2 Å². The SMILES string of the molecule is CN(C)C(=O)[C@H]1NCC[C@@H]1O.O=C(O)C(F)(F)F. The molecule has 1 fully saturated rings. The van der Waals surface area contributed by atoms with Gasteiger partial charge in [0.1, 0.15) is 6.04 Å². The van der Waals surface area contributed by atoms with E-state index in [1.165, 1.54) is 4.90 Å². The van der Waals surface area contributed by atoms with Crippen LogP contribution in [0.3, 0.4) is 0 Å². The first-order valence-corrected chi connectivity index (χ1v) is 5.00. The summed E-state index contributed by atoms with van der Waals surface area (Å²) in [7, 11) is 3.38. The average Bonchev–Trinajstić information content (AvgIpc) is 2.62. The van der Waals surface area contributed by atoms with Crippen molar-refractivity contribution >= 4 is 11.9 Å². The number of aliphatic hydroxyl groups excluding tert-OH is 1. The molecule has 1 aliphatic heterocycles. The number of amides is 1. The van der Waals surface area contributed by atoms with Gasteiger partial charge in [-0.05, 0) is 13.0 Å². The van der Waals surface area contributed by atoms with E-state index in [2.05, 4.69) is 5.32 Å². The van der Waals surface area contributed by atoms with Crippen molar-refractivity contribution in [3.8, 4) is 0 Å². The third kappa shape index (κ3) is 5.32. The summed E-state index contributed by atoms with van der Waals surface area (Å²) in [4.78, 5) is 21.6. The van der Waals surface area contributed by atoms with Crippen LogP contribution in [0.2, 0.25) is 0 Å². The van der Waals surface area contributed by atoms with Crippen molar-refractivity contribution in [3.63, 3.8) is 0 Å². The maximum Gasteiger partial charge on any atom is 0.490 e. The number of carbonyl (C=O) groups excluding carboxylic acids is 1. The molecule has 0 radical (unpaired) electrons. The second kappa shape index (κ2) is 6.55. The molecule has 0 aromatic rings. The van der Waals surface area contributed by atoms with Crippen LogP contribution in [0, 0.1) is 0 Å². The molecular formula is C9H15F3N2O4. The maximum atomic E-state index is 11.3. The molecule has 1 rings (SSSR count). The van der Waals surface area contributed by atoms with Crippen LogP contribution in [0.25, 0.3) is 0 Å². The molecule has 0 bridgehead atoms. The normalized spacial score (nSPS) is 23.0. The molecule has 1 aliphatic rings. The van der Waals surface area contributed by atoms with Crippen molar-refractivity contribution in [1.29, 1.82) is 0 Å². The Balaban J connectivity index is 0.000000360. The van der Waals surface area contributed by atoms with Crippen molar-refractivity contribution in [2.75, 3.05) is 20.6 Å². The third-order valence-electron chi connectivity index (χ3n) is 2.14. The predicted molar refractivity (Wildman–Crippen MR) is 54.8 cm³/mol. The van der Waals surface area contributed by atoms with E-state index in [1.807, 2.05) is 0 Å². The molecular weight excluding hydrogens is 257 g/mol. The molecule has 1 saturated heterocycles. The molecule has 1 heterocycles. The summed E-state index contributed by atoms with van der Waals surface area (Å²) in [5.74, 6) is -2.80. The first kappa shape index (κ1) is 16.6. The van der Waals surface area contributed by atoms with E-state index in [0.717, 1.165) is 6.54 Å². The van der Waals surface area contributed by atoms with Gasteiger partial charge in [0.15, 0.2) is 0 Å². The number of alkyl halides is 3. The Bertz CT molecular complexity index is 307. The number of aliphatic hydroxyl groups is 1. The molecule has 106 valence electrons. The van der Waals surface area contributed by atoms with Crippen LogP contribution in [0.15, 0.2) is 0 Å². The third-order valence-corrected chi connectivity index (χ3v) is 2.14. The van der Waals surface area contributed by atoms with E-state index in [-0.39, 0.29) is 11.9 Å². The number of nitrogens with zero attached hydrogens (tertiary/aromatic N) is 1. The maximum absolute atomic E-state index is 11.3. The van der Waals surface area contributed by atoms with Gasteiger partial charge in [-0.3, -0.25) is 4.79 Å². The molecule has 0 spiro atoms. The molecule has 0 unspecified atom stereocenters. The molecule has 0 saturated carbocycles. The van der Waals surface area contributed by atoms with Crippen LogP contribution < -0.4 is 5.32 Å². The largest absolute Gasteiger partial charge is 0.490 e. The molecule has 0 aromatic heterocycles. The lowest BCUT2D eigenvalue weighted by molar-refractivity contribution is -0.192. The summed E-state index contributed by atoms with van der Waals surface area (Å²) in [6, 6.07) is -0.384. The van der Waals surface area contributed by atoms with Crippen molar-refractivity contribution in [3.05, 3.63) is 0 Å². The van der Waals surface area contributed by atoms with E-state index >= 15 is 0 Å². The lowest BCUT2D eigenvalue weighted by Gasteiger charge is -2.18. The minimum absolute atomic E-state index is 0.0463. The molecule has 0 aromatic carbocycles. The van der Waals surface area contributed by atoms with Crippen LogP contribution in [-0.2, 0) is 9.59 Å². The Morgan fingerprint density at radius 3 is 2.00 bits per heavy atom. The minimum Gasteiger partial charge on any atom is -0.475 e. The van der Waals surface area contributed by atoms with Crippen molar-refractivity contribution in [1.82, 2.24) is 10.2 Å². The summed E-state index contributed by atoms with van der Waals surface area (Å²) in [6.45, 7) is 0.728. The quantitative estimate of drug-likeness (QED) is 0.595. The van der Waals surface area contributed by atoms with Gasteiger partial charge in [-0.15, -0.1) is 0 Å². The topological polar surface area (TPSA) is 89.9 Å². The van der Waals surface area contributed by atoms with Gasteiger partial charge in [0, 0.05) is 14.1 Å². The molecule has 3 N–H and O–H groups in total. The highest BCUT2D eigenvalue weighted by atomic mass is 19.4. The highest BCUT2D eigenvalue weighted by Gasteiger charge is 2.38. The van der Waals surface area contributed by atoms with Gasteiger partial charge < -0.3 is 20.4 Å². The van der Waals surface area contributed by atoms with Gasteiger partial charge in [-0.1, -0.05) is 0 Å². The fourth-order valence-electron chi connectivity index (χ4n) is 1.22. The van der Waals surface area contributed by atoms with E-state index in [9.17, 15) is 23.1 Å². The zero-order chi connectivity index (χ0) is 14.5. The monoisotopic (exact) mass is 272 g/mol. The zero-order valence-corrected chi connectivity index (χ0v) is 9.86. The number of aliphatic carboxylic acids is 1. The lowest BCUT2D eigenvalue weighted by Crippen LogP contribution is -2.45. The number of hydrogen-bond donors (Lipinski definition) is 3. The fourth-order valence-corrected chi connectivity index (χ4v) is 1.22. The molecule has 0 aliphatic carbocycles. The Morgan fingerprint density at radius 2 is 1.78 bits per heavy atom. The number of carbonyl (C=O) groups is 2. The van der Waals surface area contributed by atoms with E-state index in [4.69, 9.17) is 9.90 Å². The van der Waals surface area contributed by atoms with Crippen LogP contribution >= 0.6 is 0 Å². The molecule has 1 amide bonds. The summed E-state index contributed by atoms with van der Waals surface area (Å²) < 4.78 is 31.7. The summed E-state index contributed by atoms with van der Waals surface area (Å²) >= 11 is 0. The zero-order valence-electron chi connectivity index (χ0n) is 9.86. The molecule has 2 atom stereocenters. The van der Waals surface area contributed by atoms with Gasteiger partial charge in [0.2, 0.25) is 5.91 Å². The molecule has 9 heteroatoms. The van der Waals surface area contributed by atoms with E-state index < -0.39 is 18.2 Å². The Morgan fingerprint density at radius 1 is 1.33 bits per heavy atom. The van der Waals surface area contributed by atoms with Crippen LogP contribution in [0.5, 0.6) is 0 Å². The Hall–Kier alpha value is -1.35. The first-order chi connectivity index (χ1) is 8.07. The predicted octanol–water partition coefficient (Wildman–Crippen LogP) is -0.569. The number of halogens is 3. The second-order valence-corrected chi connectivity index (χ2v) is 3.82. The van der Waals surface area contributed by atoms with E-state index in [0.29, 0.717) is 6.42 Å². The number of hydrogen-bond acceptors (Lipinski definition) is 4. The number of rotatable bonds is 1. The van der Waals surface area contributed by atoms with Gasteiger partial charge in [0.25, 0.3) is 0 Å². The average molecular weight is 272 g/mol. The summed E-state index contributed by atoms with van der Waals surface area (Å²) in [5.41, 5.74) is 0. The summed E-state index contributed by atoms with van der Waals surface area (Å²) in [5, 5.41) is 19.4.